The van der Waals surface area contributed by atoms with Gasteiger partial charge < -0.3 is 19.7 Å². The third-order valence-electron chi connectivity index (χ3n) is 5.67. The summed E-state index contributed by atoms with van der Waals surface area (Å²) in [6, 6.07) is 23.7. The molecule has 0 saturated heterocycles. The largest absolute Gasteiger partial charge is 0.490 e. The smallest absolute Gasteiger partial charge is 0.333 e. The zero-order chi connectivity index (χ0) is 24.5. The fourth-order valence-corrected chi connectivity index (χ4v) is 3.64. The van der Waals surface area contributed by atoms with Gasteiger partial charge in [-0.1, -0.05) is 54.6 Å². The van der Waals surface area contributed by atoms with Crippen LogP contribution in [0.2, 0.25) is 0 Å². The summed E-state index contributed by atoms with van der Waals surface area (Å²) in [6.45, 7) is 6.40. The summed E-state index contributed by atoms with van der Waals surface area (Å²) in [6.07, 6.45) is 1.03. The molecule has 3 aromatic carbocycles. The van der Waals surface area contributed by atoms with E-state index in [0.717, 1.165) is 39.1 Å². The lowest BCUT2D eigenvalue weighted by Gasteiger charge is -2.12. The maximum absolute atomic E-state index is 11.2. The van der Waals surface area contributed by atoms with Crippen LogP contribution in [0, 0.1) is 0 Å². The zero-order valence-electron chi connectivity index (χ0n) is 19.9. The lowest BCUT2D eigenvalue weighted by molar-refractivity contribution is -0.149. The molecule has 2 atom stereocenters. The number of aliphatic hydroxyl groups is 1. The summed E-state index contributed by atoms with van der Waals surface area (Å²) >= 11 is 0. The number of hydrogen-bond acceptors (Lipinski definition) is 4. The Morgan fingerprint density at radius 3 is 2.32 bits per heavy atom. The molecule has 0 heterocycles. The van der Waals surface area contributed by atoms with Crippen molar-refractivity contribution in [2.24, 2.45) is 0 Å². The number of carbonyl (C=O) groups is 1. The van der Waals surface area contributed by atoms with Gasteiger partial charge in [0.05, 0.1) is 6.10 Å². The van der Waals surface area contributed by atoms with Gasteiger partial charge in [0.1, 0.15) is 12.4 Å². The molecule has 3 rings (SSSR count). The van der Waals surface area contributed by atoms with Crippen LogP contribution in [0.15, 0.2) is 78.9 Å². The number of rotatable bonds is 11. The normalized spacial score (nSPS) is 13.4. The molecule has 0 radical (unpaired) electrons. The van der Waals surface area contributed by atoms with E-state index in [1.165, 1.54) is 0 Å². The topological polar surface area (TPSA) is 76.0 Å². The minimum atomic E-state index is -0.955. The predicted octanol–water partition coefficient (Wildman–Crippen LogP) is 5.92. The van der Waals surface area contributed by atoms with E-state index in [2.05, 4.69) is 31.2 Å². The molecule has 0 bridgehead atoms. The van der Waals surface area contributed by atoms with Crippen molar-refractivity contribution < 1.29 is 24.5 Å². The molecule has 5 nitrogen and oxygen atoms in total. The molecule has 2 N–H and O–H groups in total. The van der Waals surface area contributed by atoms with Gasteiger partial charge in [0, 0.05) is 13.0 Å². The van der Waals surface area contributed by atoms with Gasteiger partial charge in [0.25, 0.3) is 0 Å². The summed E-state index contributed by atoms with van der Waals surface area (Å²) in [5.41, 5.74) is 6.20. The average Bonchev–Trinajstić information content (AvgIpc) is 2.84. The molecular formula is C29H32O5. The Balaban J connectivity index is 1.57. The molecule has 0 fully saturated rings. The van der Waals surface area contributed by atoms with Crippen LogP contribution in [0.4, 0.5) is 0 Å². The van der Waals surface area contributed by atoms with E-state index >= 15 is 0 Å². The Bertz CT molecular complexity index is 1100. The van der Waals surface area contributed by atoms with Crippen LogP contribution in [-0.2, 0) is 16.0 Å². The maximum atomic E-state index is 11.2. The fraction of sp³-hybridized carbons (Fsp3) is 0.276. The molecule has 0 spiro atoms. The lowest BCUT2D eigenvalue weighted by atomic mass is 9.98. The van der Waals surface area contributed by atoms with Gasteiger partial charge in [-0.15, -0.1) is 0 Å². The van der Waals surface area contributed by atoms with Gasteiger partial charge >= 0.3 is 5.97 Å². The highest BCUT2D eigenvalue weighted by atomic mass is 16.5. The Hall–Kier alpha value is -3.41. The van der Waals surface area contributed by atoms with Crippen molar-refractivity contribution in [2.75, 3.05) is 13.2 Å². The summed E-state index contributed by atoms with van der Waals surface area (Å²) in [4.78, 5) is 11.2. The van der Waals surface area contributed by atoms with Gasteiger partial charge in [-0.3, -0.25) is 0 Å². The molecular weight excluding hydrogens is 428 g/mol. The minimum absolute atomic E-state index is 0.321. The number of allylic oxidation sites excluding steroid dienone is 1. The minimum Gasteiger partial charge on any atom is -0.490 e. The van der Waals surface area contributed by atoms with Gasteiger partial charge in [-0.05, 0) is 78.4 Å². The highest BCUT2D eigenvalue weighted by Gasteiger charge is 2.17. The summed E-state index contributed by atoms with van der Waals surface area (Å²) in [5.74, 6) is -0.228. The zero-order valence-corrected chi connectivity index (χ0v) is 19.9. The van der Waals surface area contributed by atoms with Gasteiger partial charge in [0.2, 0.25) is 0 Å². The average molecular weight is 461 g/mol. The van der Waals surface area contributed by atoms with E-state index < -0.39 is 18.2 Å². The Morgan fingerprint density at radius 2 is 1.71 bits per heavy atom. The second-order valence-electron chi connectivity index (χ2n) is 8.21. The van der Waals surface area contributed by atoms with E-state index in [-0.39, 0.29) is 0 Å². The Labute approximate surface area is 201 Å². The quantitative estimate of drug-likeness (QED) is 0.371. The molecule has 0 aromatic heterocycles. The first-order valence-corrected chi connectivity index (χ1v) is 11.5. The van der Waals surface area contributed by atoms with Crippen LogP contribution < -0.4 is 4.74 Å². The van der Waals surface area contributed by atoms with Gasteiger partial charge in [-0.25, -0.2) is 4.79 Å². The second kappa shape index (κ2) is 12.2. The van der Waals surface area contributed by atoms with Crippen molar-refractivity contribution in [3.63, 3.8) is 0 Å². The SMILES string of the molecule is CCOC(Cc1ccc(OCC=C(C)c2ccc(-c3cccc(C(C)O)c3)cc2)cc1)C(=O)O. The summed E-state index contributed by atoms with van der Waals surface area (Å²) < 4.78 is 11.1. The van der Waals surface area contributed by atoms with Crippen LogP contribution >= 0.6 is 0 Å². The number of carboxylic acids is 1. The first-order valence-electron chi connectivity index (χ1n) is 11.5. The first-order chi connectivity index (χ1) is 16.4. The molecule has 0 aliphatic carbocycles. The number of ether oxygens (including phenoxy) is 2. The predicted molar refractivity (Wildman–Crippen MR) is 135 cm³/mol. The first kappa shape index (κ1) is 25.2. The van der Waals surface area contributed by atoms with Crippen molar-refractivity contribution in [2.45, 2.75) is 39.4 Å². The molecule has 0 aliphatic rings. The lowest BCUT2D eigenvalue weighted by Crippen LogP contribution is -2.26. The van der Waals surface area contributed by atoms with E-state index in [4.69, 9.17) is 9.47 Å². The van der Waals surface area contributed by atoms with Crippen molar-refractivity contribution in [1.82, 2.24) is 0 Å². The van der Waals surface area contributed by atoms with E-state index in [9.17, 15) is 15.0 Å². The molecule has 178 valence electrons. The van der Waals surface area contributed by atoms with E-state index in [1.807, 2.05) is 54.6 Å². The van der Waals surface area contributed by atoms with Crippen molar-refractivity contribution in [3.05, 3.63) is 95.6 Å². The van der Waals surface area contributed by atoms with Gasteiger partial charge in [0.15, 0.2) is 6.10 Å². The number of carboxylic acid groups (broad SMARTS) is 1. The summed E-state index contributed by atoms with van der Waals surface area (Å²) in [5, 5.41) is 19.0. The highest BCUT2D eigenvalue weighted by Crippen LogP contribution is 2.25. The number of aliphatic carboxylic acids is 1. The number of aliphatic hydroxyl groups excluding tert-OH is 1. The molecule has 0 aliphatic heterocycles. The fourth-order valence-electron chi connectivity index (χ4n) is 3.64. The summed E-state index contributed by atoms with van der Waals surface area (Å²) in [7, 11) is 0. The van der Waals surface area contributed by atoms with Crippen molar-refractivity contribution in [3.8, 4) is 16.9 Å². The Morgan fingerprint density at radius 1 is 1.00 bits per heavy atom. The van der Waals surface area contributed by atoms with Gasteiger partial charge in [-0.2, -0.15) is 0 Å². The molecule has 3 aromatic rings. The second-order valence-corrected chi connectivity index (χ2v) is 8.21. The van der Waals surface area contributed by atoms with E-state index in [0.29, 0.717) is 19.6 Å². The third-order valence-corrected chi connectivity index (χ3v) is 5.67. The molecule has 5 heteroatoms. The maximum Gasteiger partial charge on any atom is 0.333 e. The third kappa shape index (κ3) is 7.04. The number of hydrogen-bond donors (Lipinski definition) is 2. The van der Waals surface area contributed by atoms with Crippen molar-refractivity contribution in [1.29, 1.82) is 0 Å². The molecule has 34 heavy (non-hydrogen) atoms. The number of benzene rings is 3. The highest BCUT2D eigenvalue weighted by molar-refractivity contribution is 5.73. The Kier molecular flexibility index (Phi) is 9.02. The van der Waals surface area contributed by atoms with Crippen molar-refractivity contribution >= 4 is 11.5 Å². The van der Waals surface area contributed by atoms with Crippen LogP contribution in [0.3, 0.4) is 0 Å². The molecule has 0 saturated carbocycles. The molecule has 0 amide bonds. The van der Waals surface area contributed by atoms with Crippen LogP contribution in [-0.4, -0.2) is 35.5 Å². The van der Waals surface area contributed by atoms with Crippen LogP contribution in [0.25, 0.3) is 16.7 Å². The molecule has 2 unspecified atom stereocenters. The van der Waals surface area contributed by atoms with Crippen LogP contribution in [0.1, 0.15) is 43.6 Å². The van der Waals surface area contributed by atoms with E-state index in [1.54, 1.807) is 13.8 Å². The standard InChI is InChI=1S/C29H32O5/c1-4-33-28(29(31)32)18-22-8-14-27(15-9-22)34-17-16-20(2)23-10-12-24(13-11-23)26-7-5-6-25(19-26)21(3)30/h5-16,19,21,28,30H,4,17-18H2,1-3H3,(H,31,32). The monoisotopic (exact) mass is 460 g/mol. The van der Waals surface area contributed by atoms with Crippen LogP contribution in [0.5, 0.6) is 5.75 Å².